The molecular formula is C18H27N3O3. The van der Waals surface area contributed by atoms with E-state index in [-0.39, 0.29) is 6.42 Å². The van der Waals surface area contributed by atoms with Crippen molar-refractivity contribution in [1.29, 1.82) is 0 Å². The minimum Gasteiger partial charge on any atom is -0.481 e. The second kappa shape index (κ2) is 8.03. The number of carboxylic acids is 1. The van der Waals surface area contributed by atoms with Crippen LogP contribution in [0, 0.1) is 6.92 Å². The van der Waals surface area contributed by atoms with Crippen LogP contribution in [0.4, 0.5) is 0 Å². The highest BCUT2D eigenvalue weighted by atomic mass is 16.5. The first-order valence-electron chi connectivity index (χ1n) is 9.00. The molecule has 6 heteroatoms. The summed E-state index contributed by atoms with van der Waals surface area (Å²) < 4.78 is 5.46. The molecule has 0 bridgehead atoms. The number of carboxylic acid groups (broad SMARTS) is 1. The van der Waals surface area contributed by atoms with Gasteiger partial charge < -0.3 is 14.7 Å². The normalized spacial score (nSPS) is 21.0. The van der Waals surface area contributed by atoms with Crippen LogP contribution < -0.4 is 0 Å². The van der Waals surface area contributed by atoms with E-state index in [4.69, 9.17) is 9.84 Å². The molecular weight excluding hydrogens is 306 g/mol. The molecule has 24 heavy (non-hydrogen) atoms. The maximum Gasteiger partial charge on any atom is 0.303 e. The van der Waals surface area contributed by atoms with Gasteiger partial charge in [0.25, 0.3) is 0 Å². The third-order valence-electron chi connectivity index (χ3n) is 5.16. The lowest BCUT2D eigenvalue weighted by atomic mass is 9.91. The van der Waals surface area contributed by atoms with Crippen molar-refractivity contribution in [2.45, 2.75) is 57.4 Å². The number of hydrogen-bond acceptors (Lipinski definition) is 5. The Labute approximate surface area is 143 Å². The van der Waals surface area contributed by atoms with Gasteiger partial charge in [0.05, 0.1) is 6.42 Å². The maximum atomic E-state index is 10.8. The van der Waals surface area contributed by atoms with Crippen molar-refractivity contribution in [2.75, 3.05) is 26.3 Å². The second-order valence-corrected chi connectivity index (χ2v) is 6.88. The second-order valence-electron chi connectivity index (χ2n) is 6.88. The fraction of sp³-hybridized carbons (Fsp3) is 0.722. The van der Waals surface area contributed by atoms with E-state index in [1.54, 1.807) is 0 Å². The lowest BCUT2D eigenvalue weighted by Gasteiger charge is -2.39. The van der Waals surface area contributed by atoms with E-state index < -0.39 is 5.97 Å². The molecule has 0 unspecified atom stereocenters. The monoisotopic (exact) mass is 333 g/mol. The van der Waals surface area contributed by atoms with E-state index in [1.165, 1.54) is 0 Å². The third-order valence-corrected chi connectivity index (χ3v) is 5.16. The SMILES string of the molecule is Cc1nc(CCC(=O)O)cc(C2CCN(C3CCOCC3)CC2)n1. The van der Waals surface area contributed by atoms with E-state index in [1.807, 2.05) is 13.0 Å². The van der Waals surface area contributed by atoms with E-state index in [2.05, 4.69) is 14.9 Å². The molecule has 6 nitrogen and oxygen atoms in total. The molecule has 0 aliphatic carbocycles. The van der Waals surface area contributed by atoms with Crippen LogP contribution in [0.25, 0.3) is 0 Å². The Balaban J connectivity index is 1.60. The molecule has 2 aliphatic rings. The Morgan fingerprint density at radius 1 is 1.25 bits per heavy atom. The molecule has 132 valence electrons. The van der Waals surface area contributed by atoms with Crippen LogP contribution in [0.15, 0.2) is 6.07 Å². The highest BCUT2D eigenvalue weighted by Gasteiger charge is 2.28. The first kappa shape index (κ1) is 17.3. The van der Waals surface area contributed by atoms with E-state index in [0.29, 0.717) is 18.4 Å². The van der Waals surface area contributed by atoms with Gasteiger partial charge in [0, 0.05) is 43.0 Å². The van der Waals surface area contributed by atoms with E-state index >= 15 is 0 Å². The number of piperidine rings is 1. The number of aliphatic carboxylic acids is 1. The lowest BCUT2D eigenvalue weighted by molar-refractivity contribution is -0.136. The Bertz CT molecular complexity index is 565. The Morgan fingerprint density at radius 3 is 2.62 bits per heavy atom. The van der Waals surface area contributed by atoms with Gasteiger partial charge >= 0.3 is 5.97 Å². The van der Waals surface area contributed by atoms with Gasteiger partial charge in [-0.15, -0.1) is 0 Å². The predicted molar refractivity (Wildman–Crippen MR) is 90.1 cm³/mol. The first-order valence-corrected chi connectivity index (χ1v) is 9.00. The average molecular weight is 333 g/mol. The molecule has 0 atom stereocenters. The summed E-state index contributed by atoms with van der Waals surface area (Å²) in [6.45, 7) is 5.90. The number of aryl methyl sites for hydroxylation is 2. The molecule has 0 saturated carbocycles. The minimum absolute atomic E-state index is 0.123. The van der Waals surface area contributed by atoms with Crippen molar-refractivity contribution in [2.24, 2.45) is 0 Å². The van der Waals surface area contributed by atoms with Crippen LogP contribution in [-0.4, -0.2) is 58.3 Å². The van der Waals surface area contributed by atoms with Crippen molar-refractivity contribution in [3.63, 3.8) is 0 Å². The molecule has 2 saturated heterocycles. The third kappa shape index (κ3) is 4.51. The fourth-order valence-electron chi connectivity index (χ4n) is 3.84. The molecule has 0 spiro atoms. The summed E-state index contributed by atoms with van der Waals surface area (Å²) in [4.78, 5) is 22.4. The van der Waals surface area contributed by atoms with Gasteiger partial charge in [-0.3, -0.25) is 4.79 Å². The van der Waals surface area contributed by atoms with Gasteiger partial charge in [-0.1, -0.05) is 0 Å². The van der Waals surface area contributed by atoms with Crippen LogP contribution in [0.3, 0.4) is 0 Å². The predicted octanol–water partition coefficient (Wildman–Crippen LogP) is 2.16. The molecule has 1 N–H and O–H groups in total. The van der Waals surface area contributed by atoms with Crippen LogP contribution in [0.1, 0.15) is 55.2 Å². The fourth-order valence-corrected chi connectivity index (χ4v) is 3.84. The van der Waals surface area contributed by atoms with Gasteiger partial charge in [0.15, 0.2) is 0 Å². The quantitative estimate of drug-likeness (QED) is 0.890. The van der Waals surface area contributed by atoms with Crippen molar-refractivity contribution >= 4 is 5.97 Å². The van der Waals surface area contributed by atoms with Crippen LogP contribution in [-0.2, 0) is 16.0 Å². The van der Waals surface area contributed by atoms with E-state index in [9.17, 15) is 4.79 Å². The Hall–Kier alpha value is -1.53. The maximum absolute atomic E-state index is 10.8. The van der Waals surface area contributed by atoms with Gasteiger partial charge in [-0.25, -0.2) is 9.97 Å². The zero-order valence-corrected chi connectivity index (χ0v) is 14.4. The molecule has 1 aromatic rings. The summed E-state index contributed by atoms with van der Waals surface area (Å²) in [5.41, 5.74) is 1.95. The average Bonchev–Trinajstić information content (AvgIpc) is 2.60. The molecule has 2 fully saturated rings. The number of likely N-dealkylation sites (tertiary alicyclic amines) is 1. The van der Waals surface area contributed by atoms with Crippen molar-refractivity contribution in [3.8, 4) is 0 Å². The summed E-state index contributed by atoms with van der Waals surface area (Å²) in [5, 5.41) is 8.86. The number of nitrogens with zero attached hydrogens (tertiary/aromatic N) is 3. The standard InChI is InChI=1S/C18H27N3O3/c1-13-19-15(2-3-18(22)23)12-17(20-13)14-4-8-21(9-5-14)16-6-10-24-11-7-16/h12,14,16H,2-11H2,1H3,(H,22,23). The van der Waals surface area contributed by atoms with Gasteiger partial charge in [0.2, 0.25) is 0 Å². The van der Waals surface area contributed by atoms with Gasteiger partial charge in [-0.2, -0.15) is 0 Å². The molecule has 3 heterocycles. The molecule has 3 rings (SSSR count). The topological polar surface area (TPSA) is 75.5 Å². The van der Waals surface area contributed by atoms with E-state index in [0.717, 1.165) is 69.2 Å². The van der Waals surface area contributed by atoms with Crippen LogP contribution in [0.5, 0.6) is 0 Å². The Morgan fingerprint density at radius 2 is 1.96 bits per heavy atom. The van der Waals surface area contributed by atoms with Gasteiger partial charge in [0.1, 0.15) is 5.82 Å². The number of aromatic nitrogens is 2. The molecule has 1 aromatic heterocycles. The highest BCUT2D eigenvalue weighted by Crippen LogP contribution is 2.29. The Kier molecular flexibility index (Phi) is 5.79. The van der Waals surface area contributed by atoms with Gasteiger partial charge in [-0.05, 0) is 51.8 Å². The summed E-state index contributed by atoms with van der Waals surface area (Å²) in [7, 11) is 0. The first-order chi connectivity index (χ1) is 11.6. The largest absolute Gasteiger partial charge is 0.481 e. The van der Waals surface area contributed by atoms with Crippen molar-refractivity contribution in [3.05, 3.63) is 23.3 Å². The summed E-state index contributed by atoms with van der Waals surface area (Å²) in [6, 6.07) is 2.70. The molecule has 0 amide bonds. The number of hydrogen-bond donors (Lipinski definition) is 1. The smallest absolute Gasteiger partial charge is 0.303 e. The van der Waals surface area contributed by atoms with Crippen LogP contribution >= 0.6 is 0 Å². The minimum atomic E-state index is -0.780. The summed E-state index contributed by atoms with van der Waals surface area (Å²) >= 11 is 0. The number of rotatable bonds is 5. The zero-order valence-electron chi connectivity index (χ0n) is 14.4. The molecule has 0 radical (unpaired) electrons. The van der Waals surface area contributed by atoms with Crippen LogP contribution in [0.2, 0.25) is 0 Å². The molecule has 0 aromatic carbocycles. The lowest BCUT2D eigenvalue weighted by Crippen LogP contribution is -2.43. The summed E-state index contributed by atoms with van der Waals surface area (Å²) in [5.74, 6) is 0.434. The zero-order chi connectivity index (χ0) is 16.9. The molecule has 2 aliphatic heterocycles. The van der Waals surface area contributed by atoms with Crippen molar-refractivity contribution in [1.82, 2.24) is 14.9 Å². The summed E-state index contributed by atoms with van der Waals surface area (Å²) in [6.07, 6.45) is 5.14. The highest BCUT2D eigenvalue weighted by molar-refractivity contribution is 5.66. The number of ether oxygens (including phenoxy) is 1. The van der Waals surface area contributed by atoms with Crippen molar-refractivity contribution < 1.29 is 14.6 Å². The number of carbonyl (C=O) groups is 1.